The van der Waals surface area contributed by atoms with Crippen molar-refractivity contribution < 1.29 is 4.79 Å². The van der Waals surface area contributed by atoms with Gasteiger partial charge in [0.1, 0.15) is 0 Å². The number of thioether (sulfide) groups is 1. The van der Waals surface area contributed by atoms with Crippen LogP contribution >= 0.6 is 23.4 Å². The summed E-state index contributed by atoms with van der Waals surface area (Å²) in [6, 6.07) is 15.7. The number of para-hydroxylation sites is 1. The Morgan fingerprint density at radius 3 is 2.48 bits per heavy atom. The maximum absolute atomic E-state index is 12.6. The van der Waals surface area contributed by atoms with E-state index in [4.69, 9.17) is 11.6 Å². The van der Waals surface area contributed by atoms with E-state index < -0.39 is 0 Å². The van der Waals surface area contributed by atoms with Crippen LogP contribution in [0.25, 0.3) is 17.1 Å². The molecular formula is C22H23ClN4OS. The number of aryl methyl sites for hydroxylation is 1. The summed E-state index contributed by atoms with van der Waals surface area (Å²) in [5.74, 6) is 1.27. The fourth-order valence-electron chi connectivity index (χ4n) is 3.54. The first-order valence-electron chi connectivity index (χ1n) is 9.81. The highest BCUT2D eigenvalue weighted by Gasteiger charge is 2.21. The van der Waals surface area contributed by atoms with Crippen LogP contribution in [0.1, 0.15) is 24.8 Å². The van der Waals surface area contributed by atoms with Crippen LogP contribution in [0.2, 0.25) is 5.02 Å². The van der Waals surface area contributed by atoms with E-state index in [1.54, 1.807) is 0 Å². The van der Waals surface area contributed by atoms with Crippen LogP contribution < -0.4 is 0 Å². The zero-order valence-electron chi connectivity index (χ0n) is 16.3. The van der Waals surface area contributed by atoms with Crippen molar-refractivity contribution in [3.8, 4) is 17.1 Å². The fourth-order valence-corrected chi connectivity index (χ4v) is 4.52. The molecule has 4 rings (SSSR count). The minimum atomic E-state index is 0.169. The zero-order valence-corrected chi connectivity index (χ0v) is 17.9. The lowest BCUT2D eigenvalue weighted by molar-refractivity contribution is -0.129. The molecule has 0 spiro atoms. The average Bonchev–Trinajstić information content (AvgIpc) is 3.17. The molecule has 0 N–H and O–H groups in total. The first-order valence-corrected chi connectivity index (χ1v) is 11.2. The van der Waals surface area contributed by atoms with Crippen LogP contribution in [0, 0.1) is 6.92 Å². The minimum Gasteiger partial charge on any atom is -0.342 e. The molecular weight excluding hydrogens is 404 g/mol. The number of amides is 1. The second-order valence-corrected chi connectivity index (χ2v) is 8.54. The number of hydrogen-bond donors (Lipinski definition) is 0. The fraction of sp³-hybridized carbons (Fsp3) is 0.318. The highest BCUT2D eigenvalue weighted by Crippen LogP contribution is 2.30. The molecule has 1 aromatic heterocycles. The lowest BCUT2D eigenvalue weighted by atomic mass is 10.1. The van der Waals surface area contributed by atoms with Gasteiger partial charge in [-0.25, -0.2) is 0 Å². The van der Waals surface area contributed by atoms with Gasteiger partial charge < -0.3 is 4.90 Å². The second kappa shape index (κ2) is 9.01. The summed E-state index contributed by atoms with van der Waals surface area (Å²) in [5, 5.41) is 10.3. The van der Waals surface area contributed by atoms with Crippen molar-refractivity contribution in [1.29, 1.82) is 0 Å². The SMILES string of the molecule is Cc1ccccc1-n1c(SCC(=O)N2CCCCC2)nnc1-c1ccc(Cl)cc1. The molecule has 0 unspecified atom stereocenters. The monoisotopic (exact) mass is 426 g/mol. The first-order chi connectivity index (χ1) is 14.1. The molecule has 0 atom stereocenters. The third-order valence-corrected chi connectivity index (χ3v) is 6.29. The van der Waals surface area contributed by atoms with E-state index in [0.717, 1.165) is 53.7 Å². The van der Waals surface area contributed by atoms with E-state index in [2.05, 4.69) is 29.3 Å². The lowest BCUT2D eigenvalue weighted by Gasteiger charge is -2.26. The van der Waals surface area contributed by atoms with Crippen LogP contribution in [0.15, 0.2) is 53.7 Å². The predicted molar refractivity (Wildman–Crippen MR) is 118 cm³/mol. The Morgan fingerprint density at radius 1 is 1.03 bits per heavy atom. The van der Waals surface area contributed by atoms with E-state index >= 15 is 0 Å². The highest BCUT2D eigenvalue weighted by atomic mass is 35.5. The van der Waals surface area contributed by atoms with Crippen molar-refractivity contribution >= 4 is 29.3 Å². The number of nitrogens with zero attached hydrogens (tertiary/aromatic N) is 4. The smallest absolute Gasteiger partial charge is 0.233 e. The van der Waals surface area contributed by atoms with Crippen molar-refractivity contribution in [1.82, 2.24) is 19.7 Å². The van der Waals surface area contributed by atoms with Crippen LogP contribution in [0.4, 0.5) is 0 Å². The van der Waals surface area contributed by atoms with Gasteiger partial charge in [-0.3, -0.25) is 9.36 Å². The average molecular weight is 427 g/mol. The number of rotatable bonds is 5. The summed E-state index contributed by atoms with van der Waals surface area (Å²) >= 11 is 7.50. The van der Waals surface area contributed by atoms with Gasteiger partial charge in [0.15, 0.2) is 11.0 Å². The second-order valence-electron chi connectivity index (χ2n) is 7.17. The van der Waals surface area contributed by atoms with Crippen molar-refractivity contribution in [2.24, 2.45) is 0 Å². The van der Waals surface area contributed by atoms with Crippen molar-refractivity contribution in [3.63, 3.8) is 0 Å². The number of likely N-dealkylation sites (tertiary alicyclic amines) is 1. The number of carbonyl (C=O) groups excluding carboxylic acids is 1. The van der Waals surface area contributed by atoms with Gasteiger partial charge in [-0.15, -0.1) is 10.2 Å². The standard InChI is InChI=1S/C22H23ClN4OS/c1-16-7-3-4-8-19(16)27-21(17-9-11-18(23)12-10-17)24-25-22(27)29-15-20(28)26-13-5-2-6-14-26/h3-4,7-12H,2,5-6,13-15H2,1H3. The summed E-state index contributed by atoms with van der Waals surface area (Å²) < 4.78 is 2.03. The Bertz CT molecular complexity index is 996. The third kappa shape index (κ3) is 4.49. The quantitative estimate of drug-likeness (QED) is 0.538. The van der Waals surface area contributed by atoms with Crippen LogP contribution in [0.5, 0.6) is 0 Å². The summed E-state index contributed by atoms with van der Waals surface area (Å²) in [6.45, 7) is 3.79. The number of benzene rings is 2. The van der Waals surface area contributed by atoms with Crippen molar-refractivity contribution in [3.05, 3.63) is 59.1 Å². The number of halogens is 1. The van der Waals surface area contributed by atoms with E-state index in [9.17, 15) is 4.79 Å². The number of aromatic nitrogens is 3. The Kier molecular flexibility index (Phi) is 6.21. The molecule has 1 saturated heterocycles. The summed E-state index contributed by atoms with van der Waals surface area (Å²) in [4.78, 5) is 14.6. The van der Waals surface area contributed by atoms with E-state index in [1.165, 1.54) is 18.2 Å². The van der Waals surface area contributed by atoms with Gasteiger partial charge >= 0.3 is 0 Å². The molecule has 3 aromatic rings. The van der Waals surface area contributed by atoms with Gasteiger partial charge in [-0.05, 0) is 62.1 Å². The molecule has 150 valence electrons. The maximum Gasteiger partial charge on any atom is 0.233 e. The van der Waals surface area contributed by atoms with E-state index in [-0.39, 0.29) is 5.91 Å². The largest absolute Gasteiger partial charge is 0.342 e. The summed E-state index contributed by atoms with van der Waals surface area (Å²) in [5.41, 5.74) is 3.06. The zero-order chi connectivity index (χ0) is 20.2. The molecule has 5 nitrogen and oxygen atoms in total. The topological polar surface area (TPSA) is 51.0 Å². The molecule has 1 aliphatic rings. The Labute approximate surface area is 180 Å². The Hall–Kier alpha value is -2.31. The van der Waals surface area contributed by atoms with Crippen LogP contribution in [0.3, 0.4) is 0 Å². The van der Waals surface area contributed by atoms with Crippen LogP contribution in [-0.2, 0) is 4.79 Å². The molecule has 0 aliphatic carbocycles. The Morgan fingerprint density at radius 2 is 1.76 bits per heavy atom. The number of carbonyl (C=O) groups is 1. The molecule has 1 fully saturated rings. The Balaban J connectivity index is 1.66. The molecule has 1 amide bonds. The third-order valence-electron chi connectivity index (χ3n) is 5.13. The van der Waals surface area contributed by atoms with Gasteiger partial charge in [0.2, 0.25) is 5.91 Å². The maximum atomic E-state index is 12.6. The molecule has 0 saturated carbocycles. The van der Waals surface area contributed by atoms with Gasteiger partial charge in [0.05, 0.1) is 11.4 Å². The molecule has 2 heterocycles. The van der Waals surface area contributed by atoms with E-state index in [1.807, 2.05) is 45.9 Å². The van der Waals surface area contributed by atoms with Crippen LogP contribution in [-0.4, -0.2) is 44.4 Å². The van der Waals surface area contributed by atoms with Gasteiger partial charge in [-0.1, -0.05) is 41.6 Å². The normalized spacial score (nSPS) is 14.2. The molecule has 0 bridgehead atoms. The summed E-state index contributed by atoms with van der Waals surface area (Å²) in [6.07, 6.45) is 3.40. The van der Waals surface area contributed by atoms with Gasteiger partial charge in [0, 0.05) is 23.7 Å². The van der Waals surface area contributed by atoms with Gasteiger partial charge in [0.25, 0.3) is 0 Å². The van der Waals surface area contributed by atoms with Gasteiger partial charge in [-0.2, -0.15) is 0 Å². The predicted octanol–water partition coefficient (Wildman–Crippen LogP) is 5.00. The summed E-state index contributed by atoms with van der Waals surface area (Å²) in [7, 11) is 0. The molecule has 29 heavy (non-hydrogen) atoms. The number of piperidine rings is 1. The molecule has 2 aromatic carbocycles. The van der Waals surface area contributed by atoms with Crippen molar-refractivity contribution in [2.75, 3.05) is 18.8 Å². The van der Waals surface area contributed by atoms with E-state index in [0.29, 0.717) is 10.8 Å². The molecule has 1 aliphatic heterocycles. The molecule has 7 heteroatoms. The minimum absolute atomic E-state index is 0.169. The number of hydrogen-bond acceptors (Lipinski definition) is 4. The van der Waals surface area contributed by atoms with Crippen molar-refractivity contribution in [2.45, 2.75) is 31.3 Å². The molecule has 0 radical (unpaired) electrons. The lowest BCUT2D eigenvalue weighted by Crippen LogP contribution is -2.36. The first kappa shape index (κ1) is 20.0. The highest BCUT2D eigenvalue weighted by molar-refractivity contribution is 7.99.